The van der Waals surface area contributed by atoms with Crippen molar-refractivity contribution in [1.82, 2.24) is 9.97 Å². The zero-order valence-corrected chi connectivity index (χ0v) is 10.2. The monoisotopic (exact) mass is 263 g/mol. The van der Waals surface area contributed by atoms with Gasteiger partial charge in [-0.3, -0.25) is 4.79 Å². The molecule has 6 heteroatoms. The van der Waals surface area contributed by atoms with Crippen molar-refractivity contribution in [3.05, 3.63) is 48.5 Å². The number of hydrogen-bond donors (Lipinski definition) is 1. The van der Waals surface area contributed by atoms with Crippen LogP contribution in [0.15, 0.2) is 47.9 Å². The molecule has 0 aliphatic heterocycles. The van der Waals surface area contributed by atoms with Gasteiger partial charge in [-0.25, -0.2) is 14.4 Å². The molecule has 0 aliphatic carbocycles. The number of thioether (sulfide) groups is 1. The van der Waals surface area contributed by atoms with Gasteiger partial charge in [0.1, 0.15) is 5.82 Å². The Balaban J connectivity index is 1.84. The molecule has 1 heterocycles. The number of nitrogens with one attached hydrogen (secondary N) is 1. The van der Waals surface area contributed by atoms with Crippen LogP contribution in [-0.2, 0) is 4.79 Å². The van der Waals surface area contributed by atoms with E-state index < -0.39 is 0 Å². The molecule has 0 fully saturated rings. The summed E-state index contributed by atoms with van der Waals surface area (Å²) >= 11 is 1.24. The van der Waals surface area contributed by atoms with Gasteiger partial charge in [0.25, 0.3) is 0 Å². The van der Waals surface area contributed by atoms with Gasteiger partial charge in [-0.1, -0.05) is 11.8 Å². The van der Waals surface area contributed by atoms with E-state index in [1.54, 1.807) is 18.5 Å². The van der Waals surface area contributed by atoms with Gasteiger partial charge in [0, 0.05) is 18.1 Å². The van der Waals surface area contributed by atoms with Crippen LogP contribution >= 0.6 is 11.8 Å². The van der Waals surface area contributed by atoms with E-state index in [0.717, 1.165) is 0 Å². The van der Waals surface area contributed by atoms with E-state index in [1.165, 1.54) is 36.0 Å². The first kappa shape index (κ1) is 12.5. The predicted octanol–water partition coefficient (Wildman–Crippen LogP) is 2.35. The molecule has 0 atom stereocenters. The molecule has 2 rings (SSSR count). The van der Waals surface area contributed by atoms with Crippen molar-refractivity contribution >= 4 is 23.4 Å². The Morgan fingerprint density at radius 3 is 2.56 bits per heavy atom. The standard InChI is InChI=1S/C12H10FN3OS/c13-9-2-4-10(5-3-9)16-11(17)8-18-12-14-6-1-7-15-12/h1-7H,8H2,(H,16,17). The first-order valence-corrected chi connectivity index (χ1v) is 6.18. The zero-order chi connectivity index (χ0) is 12.8. The summed E-state index contributed by atoms with van der Waals surface area (Å²) in [5.41, 5.74) is 0.566. The summed E-state index contributed by atoms with van der Waals surface area (Å²) in [6.07, 6.45) is 3.24. The number of anilines is 1. The minimum atomic E-state index is -0.333. The molecular formula is C12H10FN3OS. The lowest BCUT2D eigenvalue weighted by Crippen LogP contribution is -2.14. The average Bonchev–Trinajstić information content (AvgIpc) is 2.40. The van der Waals surface area contributed by atoms with Crippen molar-refractivity contribution in [2.45, 2.75) is 5.16 Å². The van der Waals surface area contributed by atoms with Gasteiger partial charge in [0.2, 0.25) is 5.91 Å². The molecule has 0 spiro atoms. The number of amides is 1. The van der Waals surface area contributed by atoms with E-state index in [0.29, 0.717) is 10.8 Å². The van der Waals surface area contributed by atoms with Crippen LogP contribution in [0, 0.1) is 5.82 Å². The van der Waals surface area contributed by atoms with Crippen LogP contribution in [0.3, 0.4) is 0 Å². The molecule has 0 bridgehead atoms. The summed E-state index contributed by atoms with van der Waals surface area (Å²) in [4.78, 5) is 19.6. The summed E-state index contributed by atoms with van der Waals surface area (Å²) in [5, 5.41) is 3.21. The van der Waals surface area contributed by atoms with Crippen LogP contribution in [0.5, 0.6) is 0 Å². The van der Waals surface area contributed by atoms with Gasteiger partial charge < -0.3 is 5.32 Å². The van der Waals surface area contributed by atoms with Crippen molar-refractivity contribution in [1.29, 1.82) is 0 Å². The number of nitrogens with zero attached hydrogens (tertiary/aromatic N) is 2. The summed E-state index contributed by atoms with van der Waals surface area (Å²) in [7, 11) is 0. The van der Waals surface area contributed by atoms with E-state index >= 15 is 0 Å². The third-order valence-corrected chi connectivity index (χ3v) is 2.88. The summed E-state index contributed by atoms with van der Waals surface area (Å²) < 4.78 is 12.7. The summed E-state index contributed by atoms with van der Waals surface area (Å²) in [6, 6.07) is 7.32. The molecule has 92 valence electrons. The number of aromatic nitrogens is 2. The molecule has 0 aliphatic rings. The first-order chi connectivity index (χ1) is 8.74. The smallest absolute Gasteiger partial charge is 0.234 e. The van der Waals surface area contributed by atoms with Crippen LogP contribution in [0.1, 0.15) is 0 Å². The number of carbonyl (C=O) groups excluding carboxylic acids is 1. The second-order valence-corrected chi connectivity index (χ2v) is 4.32. The van der Waals surface area contributed by atoms with Gasteiger partial charge >= 0.3 is 0 Å². The molecule has 1 N–H and O–H groups in total. The van der Waals surface area contributed by atoms with Gasteiger partial charge in [0.05, 0.1) is 5.75 Å². The predicted molar refractivity (Wildman–Crippen MR) is 67.8 cm³/mol. The Bertz CT molecular complexity index is 519. The van der Waals surface area contributed by atoms with Crippen molar-refractivity contribution in [2.75, 3.05) is 11.1 Å². The topological polar surface area (TPSA) is 54.9 Å². The highest BCUT2D eigenvalue weighted by Gasteiger charge is 2.04. The third-order valence-electron chi connectivity index (χ3n) is 2.00. The fourth-order valence-corrected chi connectivity index (χ4v) is 1.82. The Hall–Kier alpha value is -1.95. The Labute approximate surface area is 108 Å². The van der Waals surface area contributed by atoms with E-state index in [1.807, 2.05) is 0 Å². The van der Waals surface area contributed by atoms with Crippen molar-refractivity contribution in [3.63, 3.8) is 0 Å². The zero-order valence-electron chi connectivity index (χ0n) is 9.34. The fraction of sp³-hybridized carbons (Fsp3) is 0.0833. The molecule has 4 nitrogen and oxygen atoms in total. The van der Waals surface area contributed by atoms with E-state index in [4.69, 9.17) is 0 Å². The second-order valence-electron chi connectivity index (χ2n) is 3.38. The van der Waals surface area contributed by atoms with Gasteiger partial charge in [-0.2, -0.15) is 0 Å². The minimum Gasteiger partial charge on any atom is -0.325 e. The molecular weight excluding hydrogens is 253 g/mol. The normalized spacial score (nSPS) is 10.1. The maximum atomic E-state index is 12.7. The SMILES string of the molecule is O=C(CSc1ncccn1)Nc1ccc(F)cc1. The molecule has 0 radical (unpaired) electrons. The van der Waals surface area contributed by atoms with E-state index in [9.17, 15) is 9.18 Å². The Kier molecular flexibility index (Phi) is 4.25. The lowest BCUT2D eigenvalue weighted by molar-refractivity contribution is -0.113. The summed E-state index contributed by atoms with van der Waals surface area (Å²) in [5.74, 6) is -0.305. The third kappa shape index (κ3) is 3.81. The maximum Gasteiger partial charge on any atom is 0.234 e. The van der Waals surface area contributed by atoms with E-state index in [2.05, 4.69) is 15.3 Å². The first-order valence-electron chi connectivity index (χ1n) is 5.19. The molecule has 0 unspecified atom stereocenters. The van der Waals surface area contributed by atoms with Crippen LogP contribution in [-0.4, -0.2) is 21.6 Å². The molecule has 0 saturated heterocycles. The van der Waals surface area contributed by atoms with Gasteiger partial charge in [-0.05, 0) is 30.3 Å². The van der Waals surface area contributed by atoms with Crippen molar-refractivity contribution in [3.8, 4) is 0 Å². The highest BCUT2D eigenvalue weighted by Crippen LogP contribution is 2.13. The lowest BCUT2D eigenvalue weighted by atomic mass is 10.3. The number of carbonyl (C=O) groups is 1. The molecule has 0 saturated carbocycles. The second kappa shape index (κ2) is 6.11. The molecule has 2 aromatic rings. The maximum absolute atomic E-state index is 12.7. The average molecular weight is 263 g/mol. The largest absolute Gasteiger partial charge is 0.325 e. The van der Waals surface area contributed by atoms with E-state index in [-0.39, 0.29) is 17.5 Å². The molecule has 1 amide bonds. The molecule has 18 heavy (non-hydrogen) atoms. The fourth-order valence-electron chi connectivity index (χ4n) is 1.22. The quantitative estimate of drug-likeness (QED) is 0.679. The Morgan fingerprint density at radius 2 is 1.89 bits per heavy atom. The highest BCUT2D eigenvalue weighted by atomic mass is 32.2. The van der Waals surface area contributed by atoms with Crippen molar-refractivity contribution in [2.24, 2.45) is 0 Å². The number of rotatable bonds is 4. The molecule has 1 aromatic heterocycles. The number of hydrogen-bond acceptors (Lipinski definition) is 4. The Morgan fingerprint density at radius 1 is 1.22 bits per heavy atom. The van der Waals surface area contributed by atoms with Crippen LogP contribution < -0.4 is 5.32 Å². The van der Waals surface area contributed by atoms with Crippen molar-refractivity contribution < 1.29 is 9.18 Å². The highest BCUT2D eigenvalue weighted by molar-refractivity contribution is 7.99. The van der Waals surface area contributed by atoms with Gasteiger partial charge in [0.15, 0.2) is 5.16 Å². The van der Waals surface area contributed by atoms with Crippen LogP contribution in [0.25, 0.3) is 0 Å². The van der Waals surface area contributed by atoms with Crippen LogP contribution in [0.4, 0.5) is 10.1 Å². The van der Waals surface area contributed by atoms with Crippen LogP contribution in [0.2, 0.25) is 0 Å². The number of halogens is 1. The van der Waals surface area contributed by atoms with Gasteiger partial charge in [-0.15, -0.1) is 0 Å². The molecule has 1 aromatic carbocycles. The lowest BCUT2D eigenvalue weighted by Gasteiger charge is -2.04. The minimum absolute atomic E-state index is 0.181. The number of benzene rings is 1. The summed E-state index contributed by atoms with van der Waals surface area (Å²) in [6.45, 7) is 0.